The van der Waals surface area contributed by atoms with Crippen LogP contribution in [-0.2, 0) is 4.79 Å². The van der Waals surface area contributed by atoms with Crippen molar-refractivity contribution in [3.8, 4) is 0 Å². The first-order valence-electron chi connectivity index (χ1n) is 4.16. The Balaban J connectivity index is 2.80. The van der Waals surface area contributed by atoms with E-state index in [9.17, 15) is 4.79 Å². The molecule has 0 bridgehead atoms. The van der Waals surface area contributed by atoms with Crippen LogP contribution in [0.5, 0.6) is 0 Å². The van der Waals surface area contributed by atoms with Crippen LogP contribution >= 0.6 is 11.8 Å². The normalized spacial score (nSPS) is 18.2. The summed E-state index contributed by atoms with van der Waals surface area (Å²) in [7, 11) is 0. The van der Waals surface area contributed by atoms with Gasteiger partial charge in [-0.2, -0.15) is 0 Å². The van der Waals surface area contributed by atoms with Gasteiger partial charge in [-0.15, -0.1) is 0 Å². The Morgan fingerprint density at radius 2 is 2.17 bits per heavy atom. The average Bonchev–Trinajstić information content (AvgIpc) is 2.51. The maximum absolute atomic E-state index is 10.9. The van der Waals surface area contributed by atoms with Gasteiger partial charge >= 0.3 is 0 Å². The first kappa shape index (κ1) is 9.74. The molecule has 2 N–H and O–H groups in total. The van der Waals surface area contributed by atoms with Gasteiger partial charge in [0.25, 0.3) is 5.91 Å². The third-order valence-corrected chi connectivity index (χ3v) is 3.41. The topological polar surface area (TPSA) is 55.4 Å². The Kier molecular flexibility index (Phi) is 2.90. The van der Waals surface area contributed by atoms with Crippen LogP contribution in [0.15, 0.2) is 4.99 Å². The van der Waals surface area contributed by atoms with Gasteiger partial charge in [0.15, 0.2) is 0 Å². The predicted molar refractivity (Wildman–Crippen MR) is 52.4 cm³/mol. The summed E-state index contributed by atoms with van der Waals surface area (Å²) in [6.07, 6.45) is 1.67. The van der Waals surface area contributed by atoms with Crippen molar-refractivity contribution in [3.05, 3.63) is 0 Å². The molecule has 0 fully saturated rings. The lowest BCUT2D eigenvalue weighted by molar-refractivity contribution is -0.115. The minimum atomic E-state index is -0.364. The molecule has 0 unspecified atom stereocenters. The van der Waals surface area contributed by atoms with E-state index in [1.807, 2.05) is 13.8 Å². The van der Waals surface area contributed by atoms with Gasteiger partial charge in [-0.1, -0.05) is 25.6 Å². The van der Waals surface area contributed by atoms with Crippen molar-refractivity contribution >= 4 is 22.7 Å². The highest BCUT2D eigenvalue weighted by molar-refractivity contribution is 8.15. The summed E-state index contributed by atoms with van der Waals surface area (Å²) in [6.45, 7) is 4.05. The molecule has 0 saturated heterocycles. The predicted octanol–water partition coefficient (Wildman–Crippen LogP) is 1.18. The SMILES string of the molecule is CCC(N)(CC)C1=NC(=O)CS1. The lowest BCUT2D eigenvalue weighted by atomic mass is 9.96. The Bertz CT molecular complexity index is 221. The molecule has 0 saturated carbocycles. The minimum Gasteiger partial charge on any atom is -0.320 e. The van der Waals surface area contributed by atoms with Crippen LogP contribution in [0.25, 0.3) is 0 Å². The van der Waals surface area contributed by atoms with Gasteiger partial charge in [-0.25, -0.2) is 4.99 Å². The zero-order chi connectivity index (χ0) is 9.19. The van der Waals surface area contributed by atoms with Gasteiger partial charge in [-0.05, 0) is 12.8 Å². The van der Waals surface area contributed by atoms with Crippen molar-refractivity contribution in [1.29, 1.82) is 0 Å². The summed E-state index contributed by atoms with van der Waals surface area (Å²) >= 11 is 1.48. The highest BCUT2D eigenvalue weighted by Crippen LogP contribution is 2.26. The molecule has 3 nitrogen and oxygen atoms in total. The van der Waals surface area contributed by atoms with Crippen LogP contribution in [0.1, 0.15) is 26.7 Å². The van der Waals surface area contributed by atoms with Gasteiger partial charge < -0.3 is 5.73 Å². The summed E-state index contributed by atoms with van der Waals surface area (Å²) in [4.78, 5) is 14.8. The molecule has 1 aliphatic heterocycles. The first-order chi connectivity index (χ1) is 5.62. The Morgan fingerprint density at radius 1 is 1.58 bits per heavy atom. The molecule has 68 valence electrons. The standard InChI is InChI=1S/C8H14N2OS/c1-3-8(9,4-2)7-10-6(11)5-12-7/h3-5,9H2,1-2H3. The zero-order valence-electron chi connectivity index (χ0n) is 7.46. The monoisotopic (exact) mass is 186 g/mol. The summed E-state index contributed by atoms with van der Waals surface area (Å²) in [6, 6.07) is 0. The van der Waals surface area contributed by atoms with Crippen LogP contribution in [-0.4, -0.2) is 22.2 Å². The van der Waals surface area contributed by atoms with E-state index < -0.39 is 0 Å². The van der Waals surface area contributed by atoms with E-state index in [-0.39, 0.29) is 11.4 Å². The number of nitrogens with two attached hydrogens (primary N) is 1. The zero-order valence-corrected chi connectivity index (χ0v) is 8.28. The number of carbonyl (C=O) groups excluding carboxylic acids is 1. The van der Waals surface area contributed by atoms with Crippen LogP contribution in [0.4, 0.5) is 0 Å². The highest BCUT2D eigenvalue weighted by atomic mass is 32.2. The quantitative estimate of drug-likeness (QED) is 0.720. The molecule has 0 aromatic heterocycles. The van der Waals surface area contributed by atoms with E-state index in [1.165, 1.54) is 11.8 Å². The second-order valence-electron chi connectivity index (χ2n) is 2.96. The van der Waals surface area contributed by atoms with E-state index in [0.717, 1.165) is 17.9 Å². The maximum atomic E-state index is 10.9. The van der Waals surface area contributed by atoms with Crippen LogP contribution in [0.3, 0.4) is 0 Å². The fourth-order valence-electron chi connectivity index (χ4n) is 1.12. The molecule has 0 radical (unpaired) electrons. The molecule has 12 heavy (non-hydrogen) atoms. The second-order valence-corrected chi connectivity index (χ2v) is 3.93. The van der Waals surface area contributed by atoms with Gasteiger partial charge in [-0.3, -0.25) is 4.79 Å². The van der Waals surface area contributed by atoms with Crippen molar-refractivity contribution in [2.75, 3.05) is 5.75 Å². The minimum absolute atomic E-state index is 0.0493. The number of carbonyl (C=O) groups is 1. The van der Waals surface area contributed by atoms with Crippen molar-refractivity contribution in [3.63, 3.8) is 0 Å². The first-order valence-corrected chi connectivity index (χ1v) is 5.14. The molecule has 0 aromatic carbocycles. The van der Waals surface area contributed by atoms with Crippen molar-refractivity contribution < 1.29 is 4.79 Å². The van der Waals surface area contributed by atoms with Crippen molar-refractivity contribution in [1.82, 2.24) is 0 Å². The molecular weight excluding hydrogens is 172 g/mol. The molecule has 1 rings (SSSR count). The van der Waals surface area contributed by atoms with E-state index in [0.29, 0.717) is 5.75 Å². The number of hydrogen-bond donors (Lipinski definition) is 1. The van der Waals surface area contributed by atoms with E-state index >= 15 is 0 Å². The lowest BCUT2D eigenvalue weighted by Gasteiger charge is -2.25. The average molecular weight is 186 g/mol. The van der Waals surface area contributed by atoms with Crippen LogP contribution in [0, 0.1) is 0 Å². The molecule has 0 spiro atoms. The summed E-state index contributed by atoms with van der Waals surface area (Å²) < 4.78 is 0. The molecule has 0 aromatic rings. The molecule has 0 aliphatic carbocycles. The van der Waals surface area contributed by atoms with Gasteiger partial charge in [0, 0.05) is 0 Å². The fraction of sp³-hybridized carbons (Fsp3) is 0.750. The van der Waals surface area contributed by atoms with Gasteiger partial charge in [0.05, 0.1) is 16.3 Å². The molecule has 1 heterocycles. The number of rotatable bonds is 3. The van der Waals surface area contributed by atoms with Crippen LogP contribution in [0.2, 0.25) is 0 Å². The molecule has 1 aliphatic rings. The summed E-state index contributed by atoms with van der Waals surface area (Å²) in [5, 5.41) is 0.817. The number of aliphatic imine (C=N–C) groups is 1. The largest absolute Gasteiger partial charge is 0.320 e. The molecule has 1 amide bonds. The smallest absolute Gasteiger partial charge is 0.256 e. The Hall–Kier alpha value is -0.350. The summed E-state index contributed by atoms with van der Waals surface area (Å²) in [5.74, 6) is 0.417. The van der Waals surface area contributed by atoms with E-state index in [4.69, 9.17) is 5.73 Å². The van der Waals surface area contributed by atoms with E-state index in [1.54, 1.807) is 0 Å². The summed E-state index contributed by atoms with van der Waals surface area (Å²) in [5.41, 5.74) is 5.70. The number of thioether (sulfide) groups is 1. The van der Waals surface area contributed by atoms with Crippen LogP contribution < -0.4 is 5.73 Å². The third-order valence-electron chi connectivity index (χ3n) is 2.25. The molecular formula is C8H14N2OS. The number of amides is 1. The Morgan fingerprint density at radius 3 is 2.50 bits per heavy atom. The Labute approximate surface area is 76.8 Å². The number of nitrogens with zero attached hydrogens (tertiary/aromatic N) is 1. The fourth-order valence-corrected chi connectivity index (χ4v) is 2.18. The molecule has 0 atom stereocenters. The van der Waals surface area contributed by atoms with Gasteiger partial charge in [0.2, 0.25) is 0 Å². The van der Waals surface area contributed by atoms with Gasteiger partial charge in [0.1, 0.15) is 0 Å². The maximum Gasteiger partial charge on any atom is 0.256 e. The lowest BCUT2D eigenvalue weighted by Crippen LogP contribution is -2.44. The second kappa shape index (κ2) is 3.58. The number of hydrogen-bond acceptors (Lipinski definition) is 3. The van der Waals surface area contributed by atoms with Crippen molar-refractivity contribution in [2.24, 2.45) is 10.7 Å². The third kappa shape index (κ3) is 1.69. The van der Waals surface area contributed by atoms with E-state index in [2.05, 4.69) is 4.99 Å². The molecule has 4 heteroatoms. The highest BCUT2D eigenvalue weighted by Gasteiger charge is 2.32. The van der Waals surface area contributed by atoms with Crippen molar-refractivity contribution in [2.45, 2.75) is 32.2 Å².